The molecular formula is C9H9N3O3. The summed E-state index contributed by atoms with van der Waals surface area (Å²) in [5, 5.41) is 16.3. The van der Waals surface area contributed by atoms with E-state index in [1.54, 1.807) is 29.8 Å². The van der Waals surface area contributed by atoms with Crippen LogP contribution in [-0.2, 0) is 11.2 Å². The Bertz CT molecular complexity index is 506. The number of carbonyl (C=O) groups is 1. The fourth-order valence-corrected chi connectivity index (χ4v) is 1.30. The molecule has 15 heavy (non-hydrogen) atoms. The Morgan fingerprint density at radius 1 is 1.53 bits per heavy atom. The number of fused-ring (bicyclic) bond motifs is 1. The van der Waals surface area contributed by atoms with E-state index in [0.29, 0.717) is 17.2 Å². The van der Waals surface area contributed by atoms with E-state index in [1.165, 1.54) is 0 Å². The molecule has 0 amide bonds. The maximum absolute atomic E-state index is 10.6. The van der Waals surface area contributed by atoms with Crippen LogP contribution in [0.15, 0.2) is 18.3 Å². The van der Waals surface area contributed by atoms with E-state index in [0.717, 1.165) is 0 Å². The van der Waals surface area contributed by atoms with Crippen LogP contribution in [0, 0.1) is 0 Å². The fraction of sp³-hybridized carbons (Fsp3) is 0.222. The molecular weight excluding hydrogens is 198 g/mol. The van der Waals surface area contributed by atoms with Gasteiger partial charge < -0.3 is 9.84 Å². The molecule has 0 radical (unpaired) electrons. The van der Waals surface area contributed by atoms with Gasteiger partial charge in [-0.1, -0.05) is 0 Å². The number of carboxylic acids is 1. The molecule has 0 aromatic carbocycles. The summed E-state index contributed by atoms with van der Waals surface area (Å²) in [4.78, 5) is 10.6. The number of aromatic nitrogens is 3. The molecule has 0 saturated heterocycles. The van der Waals surface area contributed by atoms with Gasteiger partial charge in [0.15, 0.2) is 5.65 Å². The first-order chi connectivity index (χ1) is 7.20. The lowest BCUT2D eigenvalue weighted by Gasteiger charge is -2.00. The summed E-state index contributed by atoms with van der Waals surface area (Å²) in [5.41, 5.74) is 0.604. The van der Waals surface area contributed by atoms with Gasteiger partial charge in [-0.15, -0.1) is 10.2 Å². The van der Waals surface area contributed by atoms with Crippen molar-refractivity contribution in [3.8, 4) is 5.75 Å². The van der Waals surface area contributed by atoms with Crippen molar-refractivity contribution in [2.75, 3.05) is 7.11 Å². The molecule has 2 rings (SSSR count). The Morgan fingerprint density at radius 2 is 2.33 bits per heavy atom. The van der Waals surface area contributed by atoms with Crippen LogP contribution in [0.25, 0.3) is 5.65 Å². The van der Waals surface area contributed by atoms with Crippen LogP contribution in [0.1, 0.15) is 5.82 Å². The SMILES string of the molecule is COc1ccc2nnc(CC(=O)O)n2c1. The lowest BCUT2D eigenvalue weighted by molar-refractivity contribution is -0.136. The van der Waals surface area contributed by atoms with Gasteiger partial charge in [-0.25, -0.2) is 0 Å². The highest BCUT2D eigenvalue weighted by Gasteiger charge is 2.09. The number of ether oxygens (including phenoxy) is 1. The van der Waals surface area contributed by atoms with Crippen LogP contribution < -0.4 is 4.74 Å². The number of nitrogens with zero attached hydrogens (tertiary/aromatic N) is 3. The summed E-state index contributed by atoms with van der Waals surface area (Å²) < 4.78 is 6.63. The summed E-state index contributed by atoms with van der Waals surface area (Å²) in [6.45, 7) is 0. The smallest absolute Gasteiger partial charge is 0.311 e. The van der Waals surface area contributed by atoms with Gasteiger partial charge in [-0.2, -0.15) is 0 Å². The zero-order valence-corrected chi connectivity index (χ0v) is 8.04. The molecule has 1 N–H and O–H groups in total. The fourth-order valence-electron chi connectivity index (χ4n) is 1.30. The number of aliphatic carboxylic acids is 1. The number of hydrogen-bond donors (Lipinski definition) is 1. The van der Waals surface area contributed by atoms with Gasteiger partial charge in [0, 0.05) is 0 Å². The number of pyridine rings is 1. The van der Waals surface area contributed by atoms with Gasteiger partial charge in [0.25, 0.3) is 0 Å². The van der Waals surface area contributed by atoms with Crippen molar-refractivity contribution in [3.05, 3.63) is 24.2 Å². The Kier molecular flexibility index (Phi) is 2.24. The summed E-state index contributed by atoms with van der Waals surface area (Å²) >= 11 is 0. The molecule has 78 valence electrons. The predicted octanol–water partition coefficient (Wildman–Crippen LogP) is 0.365. The zero-order chi connectivity index (χ0) is 10.8. The predicted molar refractivity (Wildman–Crippen MR) is 50.9 cm³/mol. The third-order valence-corrected chi connectivity index (χ3v) is 1.99. The summed E-state index contributed by atoms with van der Waals surface area (Å²) in [6.07, 6.45) is 1.50. The molecule has 0 unspecified atom stereocenters. The summed E-state index contributed by atoms with van der Waals surface area (Å²) in [5.74, 6) is 0.0810. The van der Waals surface area contributed by atoms with E-state index in [9.17, 15) is 4.79 Å². The van der Waals surface area contributed by atoms with Crippen LogP contribution in [0.3, 0.4) is 0 Å². The second-order valence-corrected chi connectivity index (χ2v) is 2.98. The number of hydrogen-bond acceptors (Lipinski definition) is 4. The Balaban J connectivity index is 2.51. The minimum Gasteiger partial charge on any atom is -0.495 e. The number of methoxy groups -OCH3 is 1. The second kappa shape index (κ2) is 3.56. The molecule has 0 spiro atoms. The van der Waals surface area contributed by atoms with Crippen LogP contribution >= 0.6 is 0 Å². The van der Waals surface area contributed by atoms with Crippen molar-refractivity contribution in [2.45, 2.75) is 6.42 Å². The molecule has 2 aromatic heterocycles. The molecule has 0 aliphatic heterocycles. The molecule has 6 nitrogen and oxygen atoms in total. The molecule has 0 bridgehead atoms. The normalized spacial score (nSPS) is 10.5. The van der Waals surface area contributed by atoms with Crippen LogP contribution in [0.4, 0.5) is 0 Å². The quantitative estimate of drug-likeness (QED) is 0.786. The molecule has 2 aromatic rings. The van der Waals surface area contributed by atoms with E-state index in [4.69, 9.17) is 9.84 Å². The maximum atomic E-state index is 10.6. The van der Waals surface area contributed by atoms with Gasteiger partial charge in [0.2, 0.25) is 0 Å². The molecule has 0 atom stereocenters. The van der Waals surface area contributed by atoms with E-state index in [-0.39, 0.29) is 6.42 Å². The summed E-state index contributed by atoms with van der Waals surface area (Å²) in [6, 6.07) is 3.46. The first-order valence-corrected chi connectivity index (χ1v) is 4.30. The van der Waals surface area contributed by atoms with Crippen molar-refractivity contribution in [3.63, 3.8) is 0 Å². The first-order valence-electron chi connectivity index (χ1n) is 4.30. The lowest BCUT2D eigenvalue weighted by Crippen LogP contribution is -2.04. The Hall–Kier alpha value is -2.11. The molecule has 0 aliphatic rings. The molecule has 0 aliphatic carbocycles. The lowest BCUT2D eigenvalue weighted by atomic mass is 10.4. The van der Waals surface area contributed by atoms with Gasteiger partial charge >= 0.3 is 5.97 Å². The minimum atomic E-state index is -0.938. The van der Waals surface area contributed by atoms with Crippen LogP contribution in [-0.4, -0.2) is 32.8 Å². The van der Waals surface area contributed by atoms with E-state index in [2.05, 4.69) is 10.2 Å². The van der Waals surface area contributed by atoms with Gasteiger partial charge in [0.1, 0.15) is 18.0 Å². The molecule has 0 fully saturated rings. The van der Waals surface area contributed by atoms with E-state index >= 15 is 0 Å². The second-order valence-electron chi connectivity index (χ2n) is 2.98. The number of rotatable bonds is 3. The van der Waals surface area contributed by atoms with E-state index in [1.807, 2.05) is 0 Å². The topological polar surface area (TPSA) is 76.7 Å². The van der Waals surface area contributed by atoms with Crippen molar-refractivity contribution in [2.24, 2.45) is 0 Å². The highest BCUT2D eigenvalue weighted by atomic mass is 16.5. The Morgan fingerprint density at radius 3 is 3.00 bits per heavy atom. The third-order valence-electron chi connectivity index (χ3n) is 1.99. The van der Waals surface area contributed by atoms with Gasteiger partial charge in [-0.05, 0) is 12.1 Å². The maximum Gasteiger partial charge on any atom is 0.311 e. The molecule has 6 heteroatoms. The average molecular weight is 207 g/mol. The molecule has 0 saturated carbocycles. The molecule has 2 heterocycles. The van der Waals surface area contributed by atoms with E-state index < -0.39 is 5.97 Å². The highest BCUT2D eigenvalue weighted by molar-refractivity contribution is 5.69. The van der Waals surface area contributed by atoms with Gasteiger partial charge in [0.05, 0.1) is 13.3 Å². The number of carboxylic acid groups (broad SMARTS) is 1. The first kappa shape index (κ1) is 9.45. The monoisotopic (exact) mass is 207 g/mol. The third kappa shape index (κ3) is 1.74. The standard InChI is InChI=1S/C9H9N3O3/c1-15-6-2-3-7-10-11-8(4-9(13)14)12(7)5-6/h2-3,5H,4H2,1H3,(H,13,14). The van der Waals surface area contributed by atoms with Crippen molar-refractivity contribution in [1.29, 1.82) is 0 Å². The van der Waals surface area contributed by atoms with Crippen molar-refractivity contribution >= 4 is 11.6 Å². The largest absolute Gasteiger partial charge is 0.495 e. The Labute approximate surface area is 85.1 Å². The van der Waals surface area contributed by atoms with Crippen molar-refractivity contribution < 1.29 is 14.6 Å². The van der Waals surface area contributed by atoms with Crippen LogP contribution in [0.2, 0.25) is 0 Å². The zero-order valence-electron chi connectivity index (χ0n) is 8.04. The summed E-state index contributed by atoms with van der Waals surface area (Å²) in [7, 11) is 1.54. The van der Waals surface area contributed by atoms with Crippen LogP contribution in [0.5, 0.6) is 5.75 Å². The highest BCUT2D eigenvalue weighted by Crippen LogP contribution is 2.12. The van der Waals surface area contributed by atoms with Crippen molar-refractivity contribution in [1.82, 2.24) is 14.6 Å². The minimum absolute atomic E-state index is 0.158. The average Bonchev–Trinajstić information content (AvgIpc) is 2.60. The van der Waals surface area contributed by atoms with Gasteiger partial charge in [-0.3, -0.25) is 9.20 Å².